The highest BCUT2D eigenvalue weighted by Crippen LogP contribution is 2.21. The summed E-state index contributed by atoms with van der Waals surface area (Å²) in [6, 6.07) is 4.09. The van der Waals surface area contributed by atoms with Crippen molar-refractivity contribution in [2.45, 2.75) is 0 Å². The van der Waals surface area contributed by atoms with Crippen LogP contribution in [0.1, 0.15) is 21.0 Å². The molecule has 1 aromatic heterocycles. The van der Waals surface area contributed by atoms with Crippen molar-refractivity contribution in [2.75, 3.05) is 5.32 Å². The predicted molar refractivity (Wildman–Crippen MR) is 62.7 cm³/mol. The molecule has 0 aliphatic rings. The molecule has 0 aliphatic carbocycles. The van der Waals surface area contributed by atoms with E-state index in [1.807, 2.05) is 0 Å². The summed E-state index contributed by atoms with van der Waals surface area (Å²) < 4.78 is 0. The van der Waals surface area contributed by atoms with Gasteiger partial charge in [0.15, 0.2) is 0 Å². The van der Waals surface area contributed by atoms with Gasteiger partial charge in [0.2, 0.25) is 5.82 Å². The van der Waals surface area contributed by atoms with E-state index >= 15 is 0 Å². The van der Waals surface area contributed by atoms with E-state index in [2.05, 4.69) is 20.5 Å². The minimum Gasteiger partial charge on any atom is -0.478 e. The van der Waals surface area contributed by atoms with Crippen molar-refractivity contribution in [1.82, 2.24) is 15.2 Å². The van der Waals surface area contributed by atoms with E-state index in [0.717, 1.165) is 0 Å². The Bertz CT molecular complexity index is 597. The van der Waals surface area contributed by atoms with E-state index in [4.69, 9.17) is 16.7 Å². The van der Waals surface area contributed by atoms with Gasteiger partial charge in [-0.25, -0.2) is 9.78 Å². The van der Waals surface area contributed by atoms with Gasteiger partial charge in [-0.05, 0) is 18.2 Å². The topological polar surface area (TPSA) is 108 Å². The Labute approximate surface area is 106 Å². The maximum atomic E-state index is 11.6. The summed E-state index contributed by atoms with van der Waals surface area (Å²) in [5.74, 6) is -1.58. The zero-order valence-corrected chi connectivity index (χ0v) is 9.60. The van der Waals surface area contributed by atoms with Crippen LogP contribution in [-0.2, 0) is 0 Å². The molecule has 3 N–H and O–H groups in total. The largest absolute Gasteiger partial charge is 0.478 e. The molecule has 7 nitrogen and oxygen atoms in total. The molecule has 1 aromatic carbocycles. The number of carbonyl (C=O) groups is 2. The first-order chi connectivity index (χ1) is 8.58. The summed E-state index contributed by atoms with van der Waals surface area (Å²) in [6.45, 7) is 0. The lowest BCUT2D eigenvalue weighted by molar-refractivity contribution is 0.0697. The smallest absolute Gasteiger partial charge is 0.337 e. The van der Waals surface area contributed by atoms with Gasteiger partial charge < -0.3 is 10.4 Å². The zero-order valence-electron chi connectivity index (χ0n) is 8.85. The van der Waals surface area contributed by atoms with Crippen molar-refractivity contribution in [3.63, 3.8) is 0 Å². The number of halogens is 1. The maximum absolute atomic E-state index is 11.6. The number of hydrogen-bond donors (Lipinski definition) is 3. The van der Waals surface area contributed by atoms with Gasteiger partial charge in [0.25, 0.3) is 5.91 Å². The van der Waals surface area contributed by atoms with Gasteiger partial charge in [-0.15, -0.1) is 0 Å². The van der Waals surface area contributed by atoms with Crippen molar-refractivity contribution in [2.24, 2.45) is 0 Å². The van der Waals surface area contributed by atoms with Crippen molar-refractivity contribution in [1.29, 1.82) is 0 Å². The molecule has 0 spiro atoms. The number of amides is 1. The lowest BCUT2D eigenvalue weighted by atomic mass is 10.2. The van der Waals surface area contributed by atoms with Crippen LogP contribution in [0.15, 0.2) is 24.5 Å². The second-order valence-electron chi connectivity index (χ2n) is 3.29. The van der Waals surface area contributed by atoms with Crippen LogP contribution in [0, 0.1) is 0 Å². The third kappa shape index (κ3) is 2.46. The van der Waals surface area contributed by atoms with E-state index in [9.17, 15) is 9.59 Å². The van der Waals surface area contributed by atoms with Gasteiger partial charge in [0.05, 0.1) is 10.6 Å². The first-order valence-electron chi connectivity index (χ1n) is 4.77. The number of benzene rings is 1. The first kappa shape index (κ1) is 12.1. The number of hydrogen-bond acceptors (Lipinski definition) is 4. The lowest BCUT2D eigenvalue weighted by Crippen LogP contribution is -2.14. The summed E-state index contributed by atoms with van der Waals surface area (Å²) in [4.78, 5) is 26.0. The zero-order chi connectivity index (χ0) is 13.1. The van der Waals surface area contributed by atoms with Gasteiger partial charge >= 0.3 is 5.97 Å². The fourth-order valence-corrected chi connectivity index (χ4v) is 1.53. The second-order valence-corrected chi connectivity index (χ2v) is 3.70. The van der Waals surface area contributed by atoms with Crippen molar-refractivity contribution >= 4 is 29.2 Å². The summed E-state index contributed by atoms with van der Waals surface area (Å²) in [5, 5.41) is 17.3. The molecule has 0 fully saturated rings. The molecule has 0 saturated heterocycles. The van der Waals surface area contributed by atoms with Crippen LogP contribution in [0.5, 0.6) is 0 Å². The number of H-pyrrole nitrogens is 1. The Kier molecular flexibility index (Phi) is 3.24. The Balaban J connectivity index is 2.18. The molecule has 0 aliphatic heterocycles. The summed E-state index contributed by atoms with van der Waals surface area (Å²) in [7, 11) is 0. The number of nitrogens with zero attached hydrogens (tertiary/aromatic N) is 2. The Morgan fingerprint density at radius 2 is 2.17 bits per heavy atom. The predicted octanol–water partition coefficient (Wildman–Crippen LogP) is 1.41. The average molecular weight is 267 g/mol. The molecule has 8 heteroatoms. The SMILES string of the molecule is O=C(Nc1ccc(C(=O)O)c(Cl)c1)c1ncn[nH]1. The van der Waals surface area contributed by atoms with Gasteiger partial charge in [0, 0.05) is 5.69 Å². The number of rotatable bonds is 3. The number of carboxylic acids is 1. The van der Waals surface area contributed by atoms with Crippen LogP contribution in [0.25, 0.3) is 0 Å². The Morgan fingerprint density at radius 3 is 2.72 bits per heavy atom. The summed E-state index contributed by atoms with van der Waals surface area (Å²) in [6.07, 6.45) is 1.20. The van der Waals surface area contributed by atoms with Gasteiger partial charge in [-0.3, -0.25) is 9.89 Å². The number of aromatic nitrogens is 3. The van der Waals surface area contributed by atoms with E-state index in [0.29, 0.717) is 5.69 Å². The van der Waals surface area contributed by atoms with Crippen molar-refractivity contribution < 1.29 is 14.7 Å². The lowest BCUT2D eigenvalue weighted by Gasteiger charge is -2.05. The molecule has 0 atom stereocenters. The molecular weight excluding hydrogens is 260 g/mol. The standard InChI is InChI=1S/C10H7ClN4O3/c11-7-3-5(1-2-6(7)10(17)18)14-9(16)8-12-4-13-15-8/h1-4H,(H,14,16)(H,17,18)(H,12,13,15). The van der Waals surface area contributed by atoms with Crippen molar-refractivity contribution in [3.8, 4) is 0 Å². The maximum Gasteiger partial charge on any atom is 0.337 e. The number of nitrogens with one attached hydrogen (secondary N) is 2. The van der Waals surface area contributed by atoms with Gasteiger partial charge in [0.1, 0.15) is 6.33 Å². The summed E-state index contributed by atoms with van der Waals surface area (Å²) in [5.41, 5.74) is 0.334. The van der Waals surface area contributed by atoms with Crippen LogP contribution in [0.2, 0.25) is 5.02 Å². The highest BCUT2D eigenvalue weighted by atomic mass is 35.5. The van der Waals surface area contributed by atoms with E-state index in [1.165, 1.54) is 24.5 Å². The average Bonchev–Trinajstić information content (AvgIpc) is 2.81. The Morgan fingerprint density at radius 1 is 1.39 bits per heavy atom. The fraction of sp³-hybridized carbons (Fsp3) is 0. The van der Waals surface area contributed by atoms with Crippen LogP contribution in [0.4, 0.5) is 5.69 Å². The molecule has 92 valence electrons. The van der Waals surface area contributed by atoms with Crippen molar-refractivity contribution in [3.05, 3.63) is 40.9 Å². The van der Waals surface area contributed by atoms with Crippen LogP contribution in [-0.4, -0.2) is 32.2 Å². The van der Waals surface area contributed by atoms with Crippen LogP contribution < -0.4 is 5.32 Å². The van der Waals surface area contributed by atoms with Gasteiger partial charge in [-0.1, -0.05) is 11.6 Å². The molecule has 1 heterocycles. The molecule has 0 bridgehead atoms. The number of aromatic carboxylic acids is 1. The highest BCUT2D eigenvalue weighted by Gasteiger charge is 2.12. The number of aromatic amines is 1. The summed E-state index contributed by atoms with van der Waals surface area (Å²) >= 11 is 5.76. The second kappa shape index (κ2) is 4.84. The molecule has 0 saturated carbocycles. The molecule has 18 heavy (non-hydrogen) atoms. The van der Waals surface area contributed by atoms with E-state index < -0.39 is 11.9 Å². The number of anilines is 1. The molecule has 0 radical (unpaired) electrons. The molecule has 1 amide bonds. The minimum absolute atomic E-state index is 0.0330. The third-order valence-corrected chi connectivity index (χ3v) is 2.40. The first-order valence-corrected chi connectivity index (χ1v) is 5.15. The monoisotopic (exact) mass is 266 g/mol. The quantitative estimate of drug-likeness (QED) is 0.778. The molecule has 2 rings (SSSR count). The third-order valence-electron chi connectivity index (χ3n) is 2.09. The fourth-order valence-electron chi connectivity index (χ4n) is 1.27. The number of carbonyl (C=O) groups excluding carboxylic acids is 1. The minimum atomic E-state index is -1.13. The highest BCUT2D eigenvalue weighted by molar-refractivity contribution is 6.33. The van der Waals surface area contributed by atoms with E-state index in [-0.39, 0.29) is 16.4 Å². The van der Waals surface area contributed by atoms with Crippen LogP contribution >= 0.6 is 11.6 Å². The normalized spacial score (nSPS) is 10.1. The van der Waals surface area contributed by atoms with Gasteiger partial charge in [-0.2, -0.15) is 5.10 Å². The molecule has 2 aromatic rings. The van der Waals surface area contributed by atoms with Crippen LogP contribution in [0.3, 0.4) is 0 Å². The van der Waals surface area contributed by atoms with E-state index in [1.54, 1.807) is 0 Å². The number of carboxylic acid groups (broad SMARTS) is 1. The Hall–Kier alpha value is -2.41. The molecular formula is C10H7ClN4O3. The molecule has 0 unspecified atom stereocenters.